The fourth-order valence-corrected chi connectivity index (χ4v) is 15.6. The number of anilines is 3. The summed E-state index contributed by atoms with van der Waals surface area (Å²) in [6, 6.07) is 7.09. The molecule has 604 valence electrons. The monoisotopic (exact) mass is 1620 g/mol. The van der Waals surface area contributed by atoms with E-state index >= 15 is 0 Å². The molecule has 2 bridgehead atoms. The Hall–Kier alpha value is -8.51. The minimum absolute atomic E-state index is 0.0479. The molecule has 5 aromatic rings. The van der Waals surface area contributed by atoms with Crippen LogP contribution in [0, 0.1) is 30.6 Å². The maximum Gasteiger partial charge on any atom is 0.524 e. The third-order valence-corrected chi connectivity index (χ3v) is 21.8. The van der Waals surface area contributed by atoms with Crippen LogP contribution in [0.3, 0.4) is 0 Å². The van der Waals surface area contributed by atoms with Gasteiger partial charge in [0.25, 0.3) is 17.0 Å². The van der Waals surface area contributed by atoms with Gasteiger partial charge in [-0.15, -0.1) is 23.2 Å². The lowest BCUT2D eigenvalue weighted by molar-refractivity contribution is -0.205. The number of fused-ring (bicyclic) bond motifs is 6. The predicted octanol–water partition coefficient (Wildman–Crippen LogP) is 6.24. The minimum Gasteiger partial charge on any atom is -0.466 e. The number of nitrogens with two attached hydrogens (primary N) is 1. The summed E-state index contributed by atoms with van der Waals surface area (Å²) in [7, 11) is -1.70. The Morgan fingerprint density at radius 2 is 1.18 bits per heavy atom. The van der Waals surface area contributed by atoms with Crippen molar-refractivity contribution < 1.29 is 99.9 Å². The Kier molecular flexibility index (Phi) is 29.3. The smallest absolute Gasteiger partial charge is 0.466 e. The first-order valence-corrected chi connectivity index (χ1v) is 39.7. The summed E-state index contributed by atoms with van der Waals surface area (Å²) < 4.78 is 62.3. The lowest BCUT2D eigenvalue weighted by Crippen LogP contribution is -2.73. The van der Waals surface area contributed by atoms with Gasteiger partial charge < -0.3 is 99.0 Å². The van der Waals surface area contributed by atoms with Crippen molar-refractivity contribution in [1.29, 1.82) is 0 Å². The van der Waals surface area contributed by atoms with Crippen LogP contribution in [0.2, 0.25) is 0 Å². The number of imide groups is 1. The highest BCUT2D eigenvalue weighted by atomic mass is 35.5. The third-order valence-electron chi connectivity index (χ3n) is 20.2. The number of thiocarbonyl (C=S) groups is 1. The molecule has 3 aliphatic carbocycles. The second kappa shape index (κ2) is 38.3. The number of amides is 10. The normalized spacial score (nSPS) is 18.7. The van der Waals surface area contributed by atoms with Gasteiger partial charge in [0.2, 0.25) is 29.5 Å². The van der Waals surface area contributed by atoms with E-state index in [0.717, 1.165) is 32.5 Å². The number of nitrogens with zero attached hydrogens (tertiary/aromatic N) is 5. The second-order valence-electron chi connectivity index (χ2n) is 28.6. The highest BCUT2D eigenvalue weighted by Gasteiger charge is 2.76. The maximum atomic E-state index is 15.0. The fourth-order valence-electron chi connectivity index (χ4n) is 14.6. The van der Waals surface area contributed by atoms with Crippen LogP contribution in [0.5, 0.6) is 11.5 Å². The van der Waals surface area contributed by atoms with Crippen molar-refractivity contribution in [3.63, 3.8) is 0 Å². The third kappa shape index (κ3) is 20.9. The van der Waals surface area contributed by atoms with Gasteiger partial charge in [-0.1, -0.05) is 26.0 Å². The molecule has 10 amide bonds. The van der Waals surface area contributed by atoms with Gasteiger partial charge in [-0.25, -0.2) is 14.2 Å². The molecule has 0 radical (unpaired) electrons. The number of halogens is 2. The van der Waals surface area contributed by atoms with Gasteiger partial charge in [-0.05, 0) is 104 Å². The van der Waals surface area contributed by atoms with E-state index < -0.39 is 60.6 Å². The molecular formula is C74H97Cl2N12O21PS. The fraction of sp³-hybridized carbons (Fsp3) is 0.541. The molecule has 2 aromatic heterocycles. The SMILES string of the molecule is Cc1c[nH]c2c(OC(=O)N(C)CCN(C)C(=S)OCc3ccc(NC(=O)C(CCCNC(N)=O)NC(=O)C(NC(=O)CCOCCOCCOCCOCCOCCOCCN4C(=O)C=CC4=O)C(C)C)cc3)cc3c(c12)C(CCl)CN3C(=O)C12CC(C(=O)N3CC(CCl)c4c3cc(OP(=O)(O)O)c3[nH]cc(C)c43)(C1)C2. The first-order valence-electron chi connectivity index (χ1n) is 36.7. The number of aromatic nitrogens is 2. The Balaban J connectivity index is 0.631. The highest BCUT2D eigenvalue weighted by Crippen LogP contribution is 2.75. The van der Waals surface area contributed by atoms with Gasteiger partial charge in [-0.3, -0.25) is 48.2 Å². The molecule has 33 nitrogen and oxygen atoms in total. The molecular weight excluding hydrogens is 1530 g/mol. The molecule has 10 N–H and O–H groups in total. The molecule has 0 spiro atoms. The molecule has 6 aliphatic rings. The lowest BCUT2D eigenvalue weighted by atomic mass is 9.34. The summed E-state index contributed by atoms with van der Waals surface area (Å²) in [5, 5.41) is 12.5. The summed E-state index contributed by atoms with van der Waals surface area (Å²) in [6.07, 6.45) is 6.48. The van der Waals surface area contributed by atoms with Gasteiger partial charge in [-0.2, -0.15) is 0 Å². The number of benzene rings is 3. The van der Waals surface area contributed by atoms with Crippen LogP contribution in [0.25, 0.3) is 21.8 Å². The molecule has 111 heavy (non-hydrogen) atoms. The topological polar surface area (TPSA) is 416 Å². The van der Waals surface area contributed by atoms with Gasteiger partial charge in [0.15, 0.2) is 11.5 Å². The van der Waals surface area contributed by atoms with Crippen LogP contribution in [0.1, 0.15) is 92.0 Å². The molecule has 4 unspecified atom stereocenters. The van der Waals surface area contributed by atoms with Gasteiger partial charge >= 0.3 is 19.9 Å². The highest BCUT2D eigenvalue weighted by molar-refractivity contribution is 7.80. The van der Waals surface area contributed by atoms with E-state index in [1.165, 1.54) is 23.1 Å². The van der Waals surface area contributed by atoms with Crippen molar-refractivity contribution in [2.45, 2.75) is 96.7 Å². The first-order chi connectivity index (χ1) is 53.1. The number of carbonyl (C=O) groups excluding carboxylic acids is 9. The molecule has 3 aromatic carbocycles. The van der Waals surface area contributed by atoms with Crippen LogP contribution in [0.4, 0.5) is 26.7 Å². The summed E-state index contributed by atoms with van der Waals surface area (Å²) in [5.74, 6) is -3.07. The maximum absolute atomic E-state index is 15.0. The van der Waals surface area contributed by atoms with E-state index in [0.29, 0.717) is 91.9 Å². The number of phosphoric ester groups is 1. The van der Waals surface area contributed by atoms with Crippen LogP contribution in [-0.2, 0) is 77.9 Å². The summed E-state index contributed by atoms with van der Waals surface area (Å²) in [4.78, 5) is 152. The molecule has 3 saturated carbocycles. The van der Waals surface area contributed by atoms with E-state index in [-0.39, 0.29) is 181 Å². The van der Waals surface area contributed by atoms with Crippen molar-refractivity contribution >= 4 is 141 Å². The van der Waals surface area contributed by atoms with Crippen molar-refractivity contribution in [3.05, 3.63) is 88.8 Å². The quantitative estimate of drug-likeness (QED) is 0.00685. The number of hydrogen-bond donors (Lipinski definition) is 9. The zero-order chi connectivity index (χ0) is 79.9. The number of primary amides is 1. The Labute approximate surface area is 657 Å². The van der Waals surface area contributed by atoms with E-state index in [2.05, 4.69) is 31.2 Å². The number of H-pyrrole nitrogens is 2. The van der Waals surface area contributed by atoms with Crippen molar-refractivity contribution in [1.82, 2.24) is 40.6 Å². The number of rotatable bonds is 43. The predicted molar refractivity (Wildman–Crippen MR) is 414 cm³/mol. The van der Waals surface area contributed by atoms with Crippen molar-refractivity contribution in [3.8, 4) is 11.5 Å². The van der Waals surface area contributed by atoms with Gasteiger partial charge in [0.05, 0.1) is 119 Å². The first kappa shape index (κ1) is 84.9. The molecule has 3 fully saturated rings. The number of aryl methyl sites for hydroxylation is 2. The molecule has 5 heterocycles. The van der Waals surface area contributed by atoms with E-state index in [1.807, 2.05) is 20.0 Å². The van der Waals surface area contributed by atoms with Crippen molar-refractivity contribution in [2.24, 2.45) is 22.5 Å². The number of likely N-dealkylation sites (N-methyl/N-ethyl adjacent to an activating group) is 2. The van der Waals surface area contributed by atoms with Crippen molar-refractivity contribution in [2.75, 3.05) is 160 Å². The Bertz CT molecular complexity index is 4290. The van der Waals surface area contributed by atoms with Crippen LogP contribution < -0.4 is 46.1 Å². The van der Waals surface area contributed by atoms with Gasteiger partial charge in [0, 0.05) is 130 Å². The van der Waals surface area contributed by atoms with Crippen LogP contribution in [0.15, 0.2) is 60.9 Å². The summed E-state index contributed by atoms with van der Waals surface area (Å²) in [6.45, 7) is 12.1. The summed E-state index contributed by atoms with van der Waals surface area (Å²) in [5.41, 5.74) is 9.92. The largest absolute Gasteiger partial charge is 0.524 e. The molecule has 37 heteroatoms. The zero-order valence-electron chi connectivity index (χ0n) is 62.8. The Morgan fingerprint density at radius 3 is 1.68 bits per heavy atom. The average molecular weight is 1620 g/mol. The van der Waals surface area contributed by atoms with E-state index in [9.17, 15) is 57.5 Å². The second-order valence-corrected chi connectivity index (χ2v) is 30.7. The Morgan fingerprint density at radius 1 is 0.694 bits per heavy atom. The number of nitrogens with one attached hydrogen (secondary N) is 6. The number of carbonyl (C=O) groups is 9. The standard InChI is InChI=1S/C74H97Cl2N12O21PS/c1-44(2)63(83-56(89)15-20-101-22-24-103-26-28-105-30-31-106-29-27-104-25-23-102-21-19-86-57(90)13-14-58(86)91)67(93)82-51(8-7-16-78-70(77)96)66(92)81-50-11-9-47(10-12-50)40-107-72(111)85(6)18-17-84(5)71(97)108-54-32-52-61(59-45(3)36-79-64(54)59)48(34-75)38-87(52)68(94)73-41-74(42-73,43-73)69(95)88-39-49(35-76)62-53(88)33-55(109-110(98,99)100)65-60(62)46(4)37-80-65/h9-14,32-33,36-37,44,48-49,51,63,79-80H,7-8,15-31,34-35,38-43H2,1-6H3,(H,81,92)(H,82,93)(H,83,89)(H3,77,78,96)(H2,98,99,100). The number of urea groups is 1. The van der Waals surface area contributed by atoms with Gasteiger partial charge in [0.1, 0.15) is 18.7 Å². The number of ether oxygens (including phenoxy) is 8. The zero-order valence-corrected chi connectivity index (χ0v) is 66.1. The number of alkyl halides is 2. The van der Waals surface area contributed by atoms with Crippen LogP contribution in [-0.4, -0.2) is 250 Å². The molecule has 4 atom stereocenters. The minimum atomic E-state index is -4.99. The lowest BCUT2D eigenvalue weighted by Gasteiger charge is -2.69. The molecule has 0 saturated heterocycles. The van der Waals surface area contributed by atoms with E-state index in [4.69, 9.17) is 83.6 Å². The molecule has 11 rings (SSSR count). The number of aromatic amines is 2. The molecule has 3 aliphatic heterocycles. The van der Waals surface area contributed by atoms with Crippen LogP contribution >= 0.6 is 43.2 Å². The summed E-state index contributed by atoms with van der Waals surface area (Å²) >= 11 is 18.9. The number of phosphoric acid groups is 1. The number of hydrogen-bond acceptors (Lipinski definition) is 20. The average Bonchev–Trinajstić information content (AvgIpc) is 1.58. The van der Waals surface area contributed by atoms with E-state index in [1.54, 1.807) is 79.2 Å².